The van der Waals surface area contributed by atoms with Crippen LogP contribution in [0.4, 0.5) is 14.9 Å². The number of benzene rings is 3. The zero-order valence-electron chi connectivity index (χ0n) is 21.2. The number of carbonyl (C=O) groups excluding carboxylic acids is 1. The molecule has 2 amide bonds. The summed E-state index contributed by atoms with van der Waals surface area (Å²) in [6, 6.07) is 16.3. The number of carbonyl (C=O) groups is 1. The van der Waals surface area contributed by atoms with Crippen LogP contribution in [0.2, 0.25) is 0 Å². The van der Waals surface area contributed by atoms with Gasteiger partial charge in [0.15, 0.2) is 11.5 Å². The second-order valence-corrected chi connectivity index (χ2v) is 9.52. The molecule has 1 aromatic heterocycles. The highest BCUT2D eigenvalue weighted by Gasteiger charge is 2.27. The van der Waals surface area contributed by atoms with Crippen LogP contribution in [0.3, 0.4) is 0 Å². The van der Waals surface area contributed by atoms with Gasteiger partial charge in [-0.2, -0.15) is 0 Å². The molecule has 0 unspecified atom stereocenters. The summed E-state index contributed by atoms with van der Waals surface area (Å²) in [6.45, 7) is 1.15. The summed E-state index contributed by atoms with van der Waals surface area (Å²) in [5.41, 5.74) is 2.09. The first-order valence-corrected chi connectivity index (χ1v) is 13.1. The predicted molar refractivity (Wildman–Crippen MR) is 144 cm³/mol. The first-order valence-electron chi connectivity index (χ1n) is 13.1. The fourth-order valence-electron chi connectivity index (χ4n) is 4.83. The maximum Gasteiger partial charge on any atom is 0.319 e. The summed E-state index contributed by atoms with van der Waals surface area (Å²) in [7, 11) is 0. The van der Waals surface area contributed by atoms with Gasteiger partial charge >= 0.3 is 6.03 Å². The molecule has 2 aliphatic rings. The third-order valence-corrected chi connectivity index (χ3v) is 6.75. The minimum Gasteiger partial charge on any atom is -0.486 e. The standard InChI is InChI=1S/C30H28FN3O5/c31-20-7-5-19(6-8-20)18-33-30(35)34-21-9-11-23(12-10-21)38-25-13-14-32-24-17-26(39-22-3-1-2-4-22)28-29(27(24)25)37-16-15-36-28/h5-14,17,22H,1-4,15-16,18H2,(H2,33,34,35). The molecular weight excluding hydrogens is 501 g/mol. The number of rotatable bonds is 7. The third kappa shape index (κ3) is 5.67. The molecule has 2 heterocycles. The van der Waals surface area contributed by atoms with Crippen LogP contribution in [0.1, 0.15) is 31.2 Å². The van der Waals surface area contributed by atoms with Crippen LogP contribution in [0.15, 0.2) is 66.9 Å². The van der Waals surface area contributed by atoms with E-state index in [9.17, 15) is 9.18 Å². The van der Waals surface area contributed by atoms with Crippen molar-refractivity contribution in [1.29, 1.82) is 0 Å². The molecule has 0 spiro atoms. The molecule has 39 heavy (non-hydrogen) atoms. The first kappa shape index (κ1) is 24.8. The molecule has 0 saturated heterocycles. The summed E-state index contributed by atoms with van der Waals surface area (Å²) < 4.78 is 37.6. The summed E-state index contributed by atoms with van der Waals surface area (Å²) >= 11 is 0. The Morgan fingerprint density at radius 2 is 1.69 bits per heavy atom. The van der Waals surface area contributed by atoms with Crippen molar-refractivity contribution >= 4 is 22.6 Å². The van der Waals surface area contributed by atoms with Crippen LogP contribution in [0.25, 0.3) is 10.9 Å². The zero-order chi connectivity index (χ0) is 26.6. The van der Waals surface area contributed by atoms with Crippen molar-refractivity contribution in [3.63, 3.8) is 0 Å². The largest absolute Gasteiger partial charge is 0.486 e. The van der Waals surface area contributed by atoms with E-state index in [-0.39, 0.29) is 24.5 Å². The van der Waals surface area contributed by atoms with Gasteiger partial charge in [-0.1, -0.05) is 12.1 Å². The lowest BCUT2D eigenvalue weighted by molar-refractivity contribution is 0.151. The molecule has 8 nitrogen and oxygen atoms in total. The Morgan fingerprint density at radius 3 is 2.46 bits per heavy atom. The van der Waals surface area contributed by atoms with Crippen LogP contribution in [-0.2, 0) is 6.54 Å². The Kier molecular flexibility index (Phi) is 7.03. The molecule has 2 N–H and O–H groups in total. The number of hydrogen-bond acceptors (Lipinski definition) is 6. The van der Waals surface area contributed by atoms with Crippen molar-refractivity contribution in [2.75, 3.05) is 18.5 Å². The molecule has 1 saturated carbocycles. The lowest BCUT2D eigenvalue weighted by Crippen LogP contribution is -2.28. The van der Waals surface area contributed by atoms with E-state index in [0.29, 0.717) is 58.6 Å². The van der Waals surface area contributed by atoms with Crippen molar-refractivity contribution in [3.05, 3.63) is 78.2 Å². The van der Waals surface area contributed by atoms with E-state index in [4.69, 9.17) is 18.9 Å². The molecule has 9 heteroatoms. The molecule has 0 atom stereocenters. The molecule has 200 valence electrons. The highest BCUT2D eigenvalue weighted by atomic mass is 19.1. The summed E-state index contributed by atoms with van der Waals surface area (Å²) in [5, 5.41) is 6.25. The van der Waals surface area contributed by atoms with Gasteiger partial charge in [-0.25, -0.2) is 9.18 Å². The number of hydrogen-bond donors (Lipinski definition) is 2. The predicted octanol–water partition coefficient (Wildman–Crippen LogP) is 6.58. The van der Waals surface area contributed by atoms with E-state index >= 15 is 0 Å². The molecule has 0 radical (unpaired) electrons. The number of nitrogens with zero attached hydrogens (tertiary/aromatic N) is 1. The van der Waals surface area contributed by atoms with Crippen LogP contribution < -0.4 is 29.6 Å². The van der Waals surface area contributed by atoms with E-state index in [1.54, 1.807) is 48.7 Å². The molecule has 1 aliphatic carbocycles. The number of ether oxygens (including phenoxy) is 4. The van der Waals surface area contributed by atoms with Crippen LogP contribution in [0.5, 0.6) is 28.7 Å². The SMILES string of the molecule is O=C(NCc1ccc(F)cc1)Nc1ccc(Oc2ccnc3cc(OC4CCCC4)c4c(c23)OCCO4)cc1. The van der Waals surface area contributed by atoms with Gasteiger partial charge in [0.1, 0.15) is 30.5 Å². The second-order valence-electron chi connectivity index (χ2n) is 9.52. The van der Waals surface area contributed by atoms with Gasteiger partial charge in [-0.15, -0.1) is 0 Å². The van der Waals surface area contributed by atoms with Gasteiger partial charge in [0.25, 0.3) is 0 Å². The second kappa shape index (κ2) is 11.1. The number of nitrogens with one attached hydrogen (secondary N) is 2. The van der Waals surface area contributed by atoms with Crippen LogP contribution in [0, 0.1) is 5.82 Å². The van der Waals surface area contributed by atoms with Crippen molar-refractivity contribution in [1.82, 2.24) is 10.3 Å². The highest BCUT2D eigenvalue weighted by molar-refractivity contribution is 5.95. The minimum absolute atomic E-state index is 0.175. The van der Waals surface area contributed by atoms with Crippen LogP contribution >= 0.6 is 0 Å². The fraction of sp³-hybridized carbons (Fsp3) is 0.267. The molecular formula is C30H28FN3O5. The number of urea groups is 1. The smallest absolute Gasteiger partial charge is 0.319 e. The maximum atomic E-state index is 13.0. The summed E-state index contributed by atoms with van der Waals surface area (Å²) in [6.07, 6.45) is 6.27. The Balaban J connectivity index is 1.17. The van der Waals surface area contributed by atoms with Gasteiger partial charge in [-0.05, 0) is 73.7 Å². The molecule has 4 aromatic rings. The van der Waals surface area contributed by atoms with Crippen molar-refractivity contribution in [2.45, 2.75) is 38.3 Å². The first-order chi connectivity index (χ1) is 19.1. The van der Waals surface area contributed by atoms with Gasteiger partial charge in [0, 0.05) is 24.5 Å². The molecule has 1 aliphatic heterocycles. The van der Waals surface area contributed by atoms with Crippen molar-refractivity contribution in [3.8, 4) is 28.7 Å². The maximum absolute atomic E-state index is 13.0. The van der Waals surface area contributed by atoms with Crippen LogP contribution in [-0.4, -0.2) is 30.3 Å². The average Bonchev–Trinajstić information content (AvgIpc) is 3.47. The van der Waals surface area contributed by atoms with E-state index in [1.807, 2.05) is 6.07 Å². The number of amides is 2. The normalized spacial score (nSPS) is 14.7. The monoisotopic (exact) mass is 529 g/mol. The Hall–Kier alpha value is -4.53. The van der Waals surface area contributed by atoms with Crippen molar-refractivity contribution in [2.24, 2.45) is 0 Å². The quantitative estimate of drug-likeness (QED) is 0.281. The lowest BCUT2D eigenvalue weighted by Gasteiger charge is -2.25. The highest BCUT2D eigenvalue weighted by Crippen LogP contribution is 2.49. The summed E-state index contributed by atoms with van der Waals surface area (Å²) in [4.78, 5) is 16.8. The molecule has 1 fully saturated rings. The van der Waals surface area contributed by atoms with E-state index in [0.717, 1.165) is 18.4 Å². The third-order valence-electron chi connectivity index (χ3n) is 6.75. The van der Waals surface area contributed by atoms with Crippen molar-refractivity contribution < 1.29 is 28.1 Å². The summed E-state index contributed by atoms with van der Waals surface area (Å²) in [5.74, 6) is 2.66. The fourth-order valence-corrected chi connectivity index (χ4v) is 4.83. The average molecular weight is 530 g/mol. The number of aromatic nitrogens is 1. The topological polar surface area (TPSA) is 90.9 Å². The number of pyridine rings is 1. The minimum atomic E-state index is -0.368. The van der Waals surface area contributed by atoms with E-state index < -0.39 is 0 Å². The van der Waals surface area contributed by atoms with Gasteiger partial charge < -0.3 is 29.6 Å². The number of fused-ring (bicyclic) bond motifs is 3. The molecule has 0 bridgehead atoms. The van der Waals surface area contributed by atoms with Gasteiger partial charge in [-0.3, -0.25) is 4.98 Å². The lowest BCUT2D eigenvalue weighted by atomic mass is 10.1. The molecule has 3 aromatic carbocycles. The van der Waals surface area contributed by atoms with Gasteiger partial charge in [0.05, 0.1) is 17.0 Å². The van der Waals surface area contributed by atoms with E-state index in [2.05, 4.69) is 15.6 Å². The number of anilines is 1. The Labute approximate surface area is 225 Å². The zero-order valence-corrected chi connectivity index (χ0v) is 21.2. The Bertz CT molecular complexity index is 1470. The van der Waals surface area contributed by atoms with E-state index in [1.165, 1.54) is 25.0 Å². The van der Waals surface area contributed by atoms with Gasteiger partial charge in [0.2, 0.25) is 5.75 Å². The Morgan fingerprint density at radius 1 is 0.949 bits per heavy atom. The molecule has 6 rings (SSSR count). The number of halogens is 1.